The van der Waals surface area contributed by atoms with E-state index in [-0.39, 0.29) is 25.1 Å². The summed E-state index contributed by atoms with van der Waals surface area (Å²) in [5, 5.41) is 16.1. The number of carbonyl (C=O) groups excluding carboxylic acids is 4. The van der Waals surface area contributed by atoms with Crippen molar-refractivity contribution < 1.29 is 33.8 Å². The fraction of sp³-hybridized carbons (Fsp3) is 0.455. The summed E-state index contributed by atoms with van der Waals surface area (Å²) in [5.41, 5.74) is -0.413. The SMILES string of the molecule is C#Cc1ccc([C@H](C)NC(=O)[C@@H]2C[C@@H](O)CN2C(=O)[C@H](NC(=O)Oc2ccccc2)C(C)(C)CC(=O)OC(C)(C)C)cc1. The van der Waals surface area contributed by atoms with Crippen LogP contribution in [0.4, 0.5) is 4.79 Å². The van der Waals surface area contributed by atoms with E-state index in [1.807, 2.05) is 12.1 Å². The predicted molar refractivity (Wildman–Crippen MR) is 161 cm³/mol. The Bertz CT molecular complexity index is 1340. The van der Waals surface area contributed by atoms with Crippen molar-refractivity contribution in [3.8, 4) is 18.1 Å². The number of esters is 1. The molecule has 1 saturated heterocycles. The van der Waals surface area contributed by atoms with Crippen molar-refractivity contribution in [2.45, 2.75) is 84.2 Å². The Labute approximate surface area is 253 Å². The second-order valence-electron chi connectivity index (χ2n) is 12.4. The van der Waals surface area contributed by atoms with Crippen LogP contribution in [-0.2, 0) is 19.1 Å². The third-order valence-corrected chi connectivity index (χ3v) is 7.07. The average molecular weight is 592 g/mol. The van der Waals surface area contributed by atoms with Crippen LogP contribution in [0.25, 0.3) is 0 Å². The highest BCUT2D eigenvalue weighted by Gasteiger charge is 2.47. The maximum absolute atomic E-state index is 14.1. The van der Waals surface area contributed by atoms with Crippen LogP contribution >= 0.6 is 0 Å². The van der Waals surface area contributed by atoms with Gasteiger partial charge in [0.2, 0.25) is 11.8 Å². The first kappa shape index (κ1) is 33.1. The summed E-state index contributed by atoms with van der Waals surface area (Å²) in [4.78, 5) is 54.6. The molecule has 43 heavy (non-hydrogen) atoms. The van der Waals surface area contributed by atoms with E-state index in [2.05, 4.69) is 16.6 Å². The normalized spacial score (nSPS) is 18.1. The Morgan fingerprint density at radius 1 is 1.02 bits per heavy atom. The van der Waals surface area contributed by atoms with Crippen LogP contribution in [0.3, 0.4) is 0 Å². The summed E-state index contributed by atoms with van der Waals surface area (Å²) in [5.74, 6) is 1.14. The molecule has 0 unspecified atom stereocenters. The van der Waals surface area contributed by atoms with Crippen molar-refractivity contribution in [3.63, 3.8) is 0 Å². The highest BCUT2D eigenvalue weighted by atomic mass is 16.6. The zero-order valence-corrected chi connectivity index (χ0v) is 25.5. The van der Waals surface area contributed by atoms with E-state index in [1.165, 1.54) is 4.90 Å². The molecule has 1 fully saturated rings. The second-order valence-corrected chi connectivity index (χ2v) is 12.4. The van der Waals surface area contributed by atoms with E-state index < -0.39 is 59.1 Å². The molecule has 10 heteroatoms. The largest absolute Gasteiger partial charge is 0.460 e. The van der Waals surface area contributed by atoms with E-state index in [9.17, 15) is 24.3 Å². The number of hydrogen-bond acceptors (Lipinski definition) is 7. The molecular weight excluding hydrogens is 550 g/mol. The zero-order valence-electron chi connectivity index (χ0n) is 25.5. The molecule has 1 aliphatic rings. The number of likely N-dealkylation sites (tertiary alicyclic amines) is 1. The molecule has 0 radical (unpaired) electrons. The van der Waals surface area contributed by atoms with Gasteiger partial charge in [-0.05, 0) is 57.5 Å². The van der Waals surface area contributed by atoms with Gasteiger partial charge in [-0.1, -0.05) is 50.1 Å². The van der Waals surface area contributed by atoms with Gasteiger partial charge in [0.25, 0.3) is 0 Å². The van der Waals surface area contributed by atoms with Gasteiger partial charge in [-0.25, -0.2) is 4.79 Å². The number of aliphatic hydroxyl groups excluding tert-OH is 1. The highest BCUT2D eigenvalue weighted by molar-refractivity contribution is 5.93. The third kappa shape index (κ3) is 9.32. The van der Waals surface area contributed by atoms with Crippen molar-refractivity contribution in [2.24, 2.45) is 5.41 Å². The number of carbonyl (C=O) groups is 4. The number of nitrogens with zero attached hydrogens (tertiary/aromatic N) is 1. The number of nitrogens with one attached hydrogen (secondary N) is 2. The van der Waals surface area contributed by atoms with Crippen LogP contribution in [0.1, 0.15) is 71.6 Å². The molecule has 4 atom stereocenters. The fourth-order valence-electron chi connectivity index (χ4n) is 4.92. The van der Waals surface area contributed by atoms with Gasteiger partial charge in [0, 0.05) is 23.9 Å². The predicted octanol–water partition coefficient (Wildman–Crippen LogP) is 3.72. The first-order valence-electron chi connectivity index (χ1n) is 14.2. The molecule has 0 saturated carbocycles. The minimum atomic E-state index is -1.30. The minimum Gasteiger partial charge on any atom is -0.460 e. The molecule has 3 amide bonds. The molecule has 3 N–H and O–H groups in total. The molecule has 0 spiro atoms. The number of terminal acetylenes is 1. The number of aliphatic hydroxyl groups is 1. The molecule has 1 heterocycles. The summed E-state index contributed by atoms with van der Waals surface area (Å²) in [6.45, 7) is 10.2. The maximum atomic E-state index is 14.1. The third-order valence-electron chi connectivity index (χ3n) is 7.07. The Morgan fingerprint density at radius 2 is 1.65 bits per heavy atom. The monoisotopic (exact) mass is 591 g/mol. The number of para-hydroxylation sites is 1. The second kappa shape index (κ2) is 13.7. The lowest BCUT2D eigenvalue weighted by Gasteiger charge is -2.37. The number of hydrogen-bond donors (Lipinski definition) is 3. The minimum absolute atomic E-state index is 0.00794. The molecular formula is C33H41N3O7. The van der Waals surface area contributed by atoms with Crippen molar-refractivity contribution in [3.05, 3.63) is 65.7 Å². The molecule has 2 aromatic rings. The van der Waals surface area contributed by atoms with Gasteiger partial charge in [-0.3, -0.25) is 14.4 Å². The Morgan fingerprint density at radius 3 is 2.23 bits per heavy atom. The van der Waals surface area contributed by atoms with Crippen molar-refractivity contribution >= 4 is 23.9 Å². The zero-order chi connectivity index (χ0) is 31.9. The first-order valence-corrected chi connectivity index (χ1v) is 14.2. The lowest BCUT2D eigenvalue weighted by Crippen LogP contribution is -2.59. The van der Waals surface area contributed by atoms with Crippen molar-refractivity contribution in [1.82, 2.24) is 15.5 Å². The van der Waals surface area contributed by atoms with Crippen LogP contribution in [0, 0.1) is 17.8 Å². The highest BCUT2D eigenvalue weighted by Crippen LogP contribution is 2.31. The van der Waals surface area contributed by atoms with Crippen molar-refractivity contribution in [2.75, 3.05) is 6.54 Å². The first-order chi connectivity index (χ1) is 20.1. The molecule has 1 aliphatic heterocycles. The quantitative estimate of drug-likeness (QED) is 0.299. The lowest BCUT2D eigenvalue weighted by molar-refractivity contribution is -0.158. The van der Waals surface area contributed by atoms with Crippen LogP contribution in [0.15, 0.2) is 54.6 Å². The van der Waals surface area contributed by atoms with Crippen LogP contribution < -0.4 is 15.4 Å². The lowest BCUT2D eigenvalue weighted by atomic mass is 9.80. The van der Waals surface area contributed by atoms with E-state index in [1.54, 1.807) is 84.0 Å². The van der Waals surface area contributed by atoms with Gasteiger partial charge in [0.05, 0.1) is 18.6 Å². The van der Waals surface area contributed by atoms with E-state index >= 15 is 0 Å². The van der Waals surface area contributed by atoms with E-state index in [0.717, 1.165) is 5.56 Å². The molecule has 3 rings (SSSR count). The number of ether oxygens (including phenoxy) is 2. The Hall–Kier alpha value is -4.36. The van der Waals surface area contributed by atoms with Crippen LogP contribution in [0.2, 0.25) is 0 Å². The molecule has 0 aliphatic carbocycles. The summed E-state index contributed by atoms with van der Waals surface area (Å²) in [7, 11) is 0. The number of rotatable bonds is 9. The number of amides is 3. The summed E-state index contributed by atoms with van der Waals surface area (Å²) >= 11 is 0. The Balaban J connectivity index is 1.84. The molecule has 0 aromatic heterocycles. The van der Waals surface area contributed by atoms with Crippen molar-refractivity contribution in [1.29, 1.82) is 0 Å². The maximum Gasteiger partial charge on any atom is 0.413 e. The summed E-state index contributed by atoms with van der Waals surface area (Å²) in [6.07, 6.45) is 3.35. The molecule has 2 aromatic carbocycles. The van der Waals surface area contributed by atoms with Crippen LogP contribution in [-0.4, -0.2) is 64.2 Å². The van der Waals surface area contributed by atoms with Gasteiger partial charge in [0.1, 0.15) is 23.4 Å². The number of β-amino-alcohol motifs (C(OH)–C–C–N with tert-alkyl or cyclic N) is 1. The van der Waals surface area contributed by atoms with Gasteiger partial charge < -0.3 is 30.1 Å². The topological polar surface area (TPSA) is 134 Å². The van der Waals surface area contributed by atoms with E-state index in [4.69, 9.17) is 15.9 Å². The number of benzene rings is 2. The fourth-order valence-corrected chi connectivity index (χ4v) is 4.92. The smallest absolute Gasteiger partial charge is 0.413 e. The summed E-state index contributed by atoms with van der Waals surface area (Å²) in [6, 6.07) is 12.7. The van der Waals surface area contributed by atoms with Crippen LogP contribution in [0.5, 0.6) is 5.75 Å². The Kier molecular flexibility index (Phi) is 10.6. The molecule has 230 valence electrons. The average Bonchev–Trinajstić information content (AvgIpc) is 3.32. The van der Waals surface area contributed by atoms with Gasteiger partial charge in [-0.2, -0.15) is 0 Å². The van der Waals surface area contributed by atoms with Gasteiger partial charge >= 0.3 is 12.1 Å². The standard InChI is InChI=1S/C33H41N3O7/c1-8-22-14-16-23(17-15-22)21(2)34-29(39)26-18-24(37)20-36(26)30(40)28(33(6,7)19-27(38)43-32(3,4)5)35-31(41)42-25-12-10-9-11-13-25/h1,9-17,21,24,26,28,37H,18-20H2,2-7H3,(H,34,39)(H,35,41)/t21-,24+,26-,28-/m0/s1. The molecule has 0 bridgehead atoms. The molecule has 10 nitrogen and oxygen atoms in total. The summed E-state index contributed by atoms with van der Waals surface area (Å²) < 4.78 is 10.9. The van der Waals surface area contributed by atoms with E-state index in [0.29, 0.717) is 5.56 Å². The van der Waals surface area contributed by atoms with Gasteiger partial charge in [0.15, 0.2) is 0 Å². The van der Waals surface area contributed by atoms with Gasteiger partial charge in [-0.15, -0.1) is 6.42 Å².